The molecule has 5 nitrogen and oxygen atoms in total. The first-order valence-corrected chi connectivity index (χ1v) is 11.3. The van der Waals surface area contributed by atoms with E-state index in [2.05, 4.69) is 11.1 Å². The third-order valence-electron chi connectivity index (χ3n) is 6.19. The van der Waals surface area contributed by atoms with Crippen LogP contribution in [0.15, 0.2) is 72.9 Å². The topological polar surface area (TPSA) is 58.2 Å². The molecule has 4 aromatic rings. The molecule has 1 N–H and O–H groups in total. The van der Waals surface area contributed by atoms with Crippen LogP contribution in [0.4, 0.5) is 4.39 Å². The summed E-state index contributed by atoms with van der Waals surface area (Å²) in [5.74, 6) is -0.110. The molecule has 3 heterocycles. The van der Waals surface area contributed by atoms with Crippen molar-refractivity contribution in [2.45, 2.75) is 25.4 Å². The highest BCUT2D eigenvalue weighted by Gasteiger charge is 2.26. The molecule has 1 unspecified atom stereocenters. The van der Waals surface area contributed by atoms with Crippen molar-refractivity contribution >= 4 is 16.8 Å². The van der Waals surface area contributed by atoms with Gasteiger partial charge in [-0.1, -0.05) is 42.5 Å². The molecule has 0 bridgehead atoms. The summed E-state index contributed by atoms with van der Waals surface area (Å²) < 4.78 is 20.0. The van der Waals surface area contributed by atoms with E-state index < -0.39 is 0 Å². The Balaban J connectivity index is 1.23. The molecule has 1 atom stereocenters. The number of para-hydroxylation sites is 1. The van der Waals surface area contributed by atoms with Gasteiger partial charge in [0.15, 0.2) is 0 Å². The average Bonchev–Trinajstić information content (AvgIpc) is 3.27. The largest absolute Gasteiger partial charge is 0.368 e. The van der Waals surface area contributed by atoms with Crippen LogP contribution in [0.5, 0.6) is 0 Å². The molecule has 168 valence electrons. The van der Waals surface area contributed by atoms with Crippen molar-refractivity contribution in [1.82, 2.24) is 14.9 Å². The van der Waals surface area contributed by atoms with Gasteiger partial charge >= 0.3 is 0 Å². The summed E-state index contributed by atoms with van der Waals surface area (Å²) in [5, 5.41) is 1.17. The lowest BCUT2D eigenvalue weighted by atomic mass is 10.1. The number of amides is 1. The van der Waals surface area contributed by atoms with Crippen LogP contribution in [0.25, 0.3) is 10.9 Å². The molecule has 5 rings (SSSR count). The monoisotopic (exact) mass is 443 g/mol. The second kappa shape index (κ2) is 9.55. The highest BCUT2D eigenvalue weighted by molar-refractivity contribution is 5.84. The second-order valence-electron chi connectivity index (χ2n) is 8.38. The van der Waals surface area contributed by atoms with Gasteiger partial charge in [0.2, 0.25) is 5.91 Å². The van der Waals surface area contributed by atoms with Crippen molar-refractivity contribution in [2.24, 2.45) is 0 Å². The number of ether oxygens (including phenoxy) is 1. The number of H-pyrrole nitrogens is 1. The minimum absolute atomic E-state index is 0.121. The summed E-state index contributed by atoms with van der Waals surface area (Å²) in [6.07, 6.45) is 3.28. The summed E-state index contributed by atoms with van der Waals surface area (Å²) in [5.41, 5.74) is 4.42. The molecular formula is C27H26FN3O2. The van der Waals surface area contributed by atoms with Crippen molar-refractivity contribution in [1.29, 1.82) is 0 Å². The molecule has 2 aromatic carbocycles. The number of nitrogens with one attached hydrogen (secondary N) is 1. The number of aromatic amines is 1. The fourth-order valence-electron chi connectivity index (χ4n) is 4.41. The number of rotatable bonds is 6. The fraction of sp³-hybridized carbons (Fsp3) is 0.259. The smallest absolute Gasteiger partial charge is 0.223 e. The number of fused-ring (bicyclic) bond motifs is 1. The zero-order valence-corrected chi connectivity index (χ0v) is 18.3. The lowest BCUT2D eigenvalue weighted by molar-refractivity contribution is -0.139. The Kier molecular flexibility index (Phi) is 6.17. The van der Waals surface area contributed by atoms with Gasteiger partial charge in [0.05, 0.1) is 18.8 Å². The van der Waals surface area contributed by atoms with E-state index in [0.717, 1.165) is 22.5 Å². The van der Waals surface area contributed by atoms with Gasteiger partial charge in [0.1, 0.15) is 11.9 Å². The number of carbonyl (C=O) groups is 1. The molecule has 0 aliphatic carbocycles. The normalized spacial score (nSPS) is 16.3. The first kappa shape index (κ1) is 21.3. The Morgan fingerprint density at radius 2 is 1.91 bits per heavy atom. The van der Waals surface area contributed by atoms with Gasteiger partial charge in [-0.25, -0.2) is 4.39 Å². The predicted octanol–water partition coefficient (Wildman–Crippen LogP) is 4.83. The van der Waals surface area contributed by atoms with Crippen LogP contribution in [-0.2, 0) is 22.4 Å². The van der Waals surface area contributed by atoms with Crippen molar-refractivity contribution in [3.63, 3.8) is 0 Å². The van der Waals surface area contributed by atoms with Crippen molar-refractivity contribution in [3.8, 4) is 0 Å². The van der Waals surface area contributed by atoms with Gasteiger partial charge in [0.25, 0.3) is 0 Å². The minimum atomic E-state index is -0.281. The van der Waals surface area contributed by atoms with Crippen molar-refractivity contribution < 1.29 is 13.9 Å². The summed E-state index contributed by atoms with van der Waals surface area (Å²) in [6, 6.07) is 20.6. The first-order chi connectivity index (χ1) is 16.2. The number of hydrogen-bond donors (Lipinski definition) is 1. The van der Waals surface area contributed by atoms with Crippen LogP contribution < -0.4 is 0 Å². The predicted molar refractivity (Wildman–Crippen MR) is 125 cm³/mol. The third kappa shape index (κ3) is 4.81. The van der Waals surface area contributed by atoms with E-state index in [1.54, 1.807) is 12.1 Å². The Bertz CT molecular complexity index is 1270. The standard InChI is InChI=1S/C27H26FN3O2/c28-23-9-3-1-6-19(23)16-21-7-5-11-25(30-21)26-18-31(14-15-33-26)27(32)13-12-20-17-29-24-10-4-2-8-22(20)24/h1-11,17,26,29H,12-16,18H2. The molecule has 2 aromatic heterocycles. The molecule has 1 amide bonds. The number of benzene rings is 2. The number of morpholine rings is 1. The minimum Gasteiger partial charge on any atom is -0.368 e. The number of aromatic nitrogens is 2. The van der Waals surface area contributed by atoms with E-state index in [1.165, 1.54) is 11.5 Å². The maximum absolute atomic E-state index is 14.0. The van der Waals surface area contributed by atoms with E-state index >= 15 is 0 Å². The van der Waals surface area contributed by atoms with E-state index in [4.69, 9.17) is 9.72 Å². The highest BCUT2D eigenvalue weighted by atomic mass is 19.1. The number of carbonyl (C=O) groups excluding carboxylic acids is 1. The fourth-order valence-corrected chi connectivity index (χ4v) is 4.41. The maximum Gasteiger partial charge on any atom is 0.223 e. The number of nitrogens with zero attached hydrogens (tertiary/aromatic N) is 2. The summed E-state index contributed by atoms with van der Waals surface area (Å²) in [4.78, 5) is 22.8. The quantitative estimate of drug-likeness (QED) is 0.465. The van der Waals surface area contributed by atoms with Crippen LogP contribution >= 0.6 is 0 Å². The molecule has 0 spiro atoms. The van der Waals surface area contributed by atoms with Crippen LogP contribution in [-0.4, -0.2) is 40.5 Å². The number of pyridine rings is 1. The van der Waals surface area contributed by atoms with E-state index in [0.29, 0.717) is 44.5 Å². The molecule has 1 fully saturated rings. The summed E-state index contributed by atoms with van der Waals surface area (Å²) in [6.45, 7) is 1.53. The summed E-state index contributed by atoms with van der Waals surface area (Å²) in [7, 11) is 0. The molecule has 6 heteroatoms. The molecular weight excluding hydrogens is 417 g/mol. The SMILES string of the molecule is O=C(CCc1c[nH]c2ccccc12)N1CCOC(c2cccc(Cc3ccccc3F)n2)C1. The zero-order chi connectivity index (χ0) is 22.6. The highest BCUT2D eigenvalue weighted by Crippen LogP contribution is 2.24. The van der Waals surface area contributed by atoms with Gasteiger partial charge in [-0.2, -0.15) is 0 Å². The molecule has 33 heavy (non-hydrogen) atoms. The van der Waals surface area contributed by atoms with Gasteiger partial charge in [-0.15, -0.1) is 0 Å². The maximum atomic E-state index is 14.0. The van der Waals surface area contributed by atoms with Crippen LogP contribution in [0.2, 0.25) is 0 Å². The van der Waals surface area contributed by atoms with E-state index in [-0.39, 0.29) is 17.8 Å². The van der Waals surface area contributed by atoms with E-state index in [9.17, 15) is 9.18 Å². The first-order valence-electron chi connectivity index (χ1n) is 11.3. The molecule has 1 saturated heterocycles. The van der Waals surface area contributed by atoms with Gasteiger partial charge in [-0.05, 0) is 41.8 Å². The van der Waals surface area contributed by atoms with Crippen LogP contribution in [0.3, 0.4) is 0 Å². The van der Waals surface area contributed by atoms with Gasteiger partial charge in [0, 0.05) is 42.2 Å². The Morgan fingerprint density at radius 1 is 1.06 bits per heavy atom. The van der Waals surface area contributed by atoms with Crippen molar-refractivity contribution in [3.05, 3.63) is 101 Å². The lowest BCUT2D eigenvalue weighted by Crippen LogP contribution is -2.42. The lowest BCUT2D eigenvalue weighted by Gasteiger charge is -2.33. The van der Waals surface area contributed by atoms with Gasteiger partial charge in [-0.3, -0.25) is 9.78 Å². The Labute approximate surface area is 192 Å². The second-order valence-corrected chi connectivity index (χ2v) is 8.38. The number of aryl methyl sites for hydroxylation is 1. The van der Waals surface area contributed by atoms with Crippen LogP contribution in [0, 0.1) is 5.82 Å². The Morgan fingerprint density at radius 3 is 2.82 bits per heavy atom. The molecule has 1 aliphatic heterocycles. The van der Waals surface area contributed by atoms with E-state index in [1.807, 2.05) is 53.6 Å². The summed E-state index contributed by atoms with van der Waals surface area (Å²) >= 11 is 0. The van der Waals surface area contributed by atoms with Crippen LogP contribution in [0.1, 0.15) is 35.0 Å². The van der Waals surface area contributed by atoms with Gasteiger partial charge < -0.3 is 14.6 Å². The van der Waals surface area contributed by atoms with Crippen molar-refractivity contribution in [2.75, 3.05) is 19.7 Å². The number of hydrogen-bond acceptors (Lipinski definition) is 3. The average molecular weight is 444 g/mol. The molecule has 0 saturated carbocycles. The third-order valence-corrected chi connectivity index (χ3v) is 6.19. The zero-order valence-electron chi connectivity index (χ0n) is 18.3. The Hall–Kier alpha value is -3.51. The number of halogens is 1. The molecule has 0 radical (unpaired) electrons. The molecule has 1 aliphatic rings.